The van der Waals surface area contributed by atoms with E-state index in [1.165, 1.54) is 25.3 Å². The molecule has 2 fully saturated rings. The molecule has 0 aromatic heterocycles. The predicted molar refractivity (Wildman–Crippen MR) is 80.2 cm³/mol. The quantitative estimate of drug-likeness (QED) is 0.929. The molecule has 2 atom stereocenters. The van der Waals surface area contributed by atoms with Gasteiger partial charge in [-0.05, 0) is 38.8 Å². The van der Waals surface area contributed by atoms with E-state index in [0.717, 1.165) is 12.8 Å². The summed E-state index contributed by atoms with van der Waals surface area (Å²) >= 11 is 0. The number of nitrogens with one attached hydrogen (secondary N) is 1. The van der Waals surface area contributed by atoms with Crippen LogP contribution in [-0.2, 0) is 6.54 Å². The first-order valence-electron chi connectivity index (χ1n) is 7.82. The van der Waals surface area contributed by atoms with Crippen molar-refractivity contribution in [1.29, 1.82) is 5.26 Å². The largest absolute Gasteiger partial charge is 0.310 e. The van der Waals surface area contributed by atoms with Crippen molar-refractivity contribution in [1.82, 2.24) is 10.2 Å². The van der Waals surface area contributed by atoms with Crippen LogP contribution in [0.25, 0.3) is 0 Å². The summed E-state index contributed by atoms with van der Waals surface area (Å²) in [5, 5.41) is 12.4. The lowest BCUT2D eigenvalue weighted by molar-refractivity contribution is 0.0482. The molecule has 0 spiro atoms. The minimum atomic E-state index is -0.374. The normalized spacial score (nSPS) is 29.1. The summed E-state index contributed by atoms with van der Waals surface area (Å²) in [5.74, 6) is -0.374. The summed E-state index contributed by atoms with van der Waals surface area (Å²) in [5.41, 5.74) is 0.729. The molecule has 0 amide bonds. The Morgan fingerprint density at radius 2 is 2.05 bits per heavy atom. The maximum Gasteiger partial charge on any atom is 0.145 e. The summed E-state index contributed by atoms with van der Waals surface area (Å²) in [6.07, 6.45) is 6.19. The van der Waals surface area contributed by atoms with Crippen LogP contribution in [0.4, 0.5) is 4.39 Å². The van der Waals surface area contributed by atoms with Gasteiger partial charge in [0.25, 0.3) is 0 Å². The van der Waals surface area contributed by atoms with Crippen LogP contribution in [-0.4, -0.2) is 30.1 Å². The van der Waals surface area contributed by atoms with Crippen LogP contribution in [0.1, 0.15) is 43.2 Å². The molecular weight excluding hydrogens is 265 g/mol. The summed E-state index contributed by atoms with van der Waals surface area (Å²) in [7, 11) is 2.24. The van der Waals surface area contributed by atoms with Crippen LogP contribution in [0.15, 0.2) is 18.2 Å². The van der Waals surface area contributed by atoms with Crippen molar-refractivity contribution >= 4 is 0 Å². The molecule has 0 saturated carbocycles. The third kappa shape index (κ3) is 2.95. The fraction of sp³-hybridized carbons (Fsp3) is 0.588. The second kappa shape index (κ2) is 6.13. The fourth-order valence-electron chi connectivity index (χ4n) is 3.84. The van der Waals surface area contributed by atoms with Gasteiger partial charge in [-0.3, -0.25) is 0 Å². The molecule has 3 rings (SSSR count). The number of nitriles is 1. The van der Waals surface area contributed by atoms with Gasteiger partial charge in [0, 0.05) is 30.2 Å². The topological polar surface area (TPSA) is 39.1 Å². The third-order valence-electron chi connectivity index (χ3n) is 5.12. The molecule has 2 unspecified atom stereocenters. The molecule has 21 heavy (non-hydrogen) atoms. The number of halogens is 1. The van der Waals surface area contributed by atoms with Crippen molar-refractivity contribution in [3.05, 3.63) is 35.1 Å². The Labute approximate surface area is 125 Å². The zero-order chi connectivity index (χ0) is 14.8. The highest BCUT2D eigenvalue weighted by molar-refractivity contribution is 5.34. The first kappa shape index (κ1) is 14.5. The summed E-state index contributed by atoms with van der Waals surface area (Å²) < 4.78 is 14.0. The van der Waals surface area contributed by atoms with E-state index < -0.39 is 0 Å². The Bertz CT molecular complexity index is 537. The Hall–Kier alpha value is -1.44. The van der Waals surface area contributed by atoms with Gasteiger partial charge in [-0.1, -0.05) is 18.6 Å². The molecule has 112 valence electrons. The third-order valence-corrected chi connectivity index (χ3v) is 5.12. The zero-order valence-electron chi connectivity index (χ0n) is 12.5. The fourth-order valence-corrected chi connectivity index (χ4v) is 3.84. The van der Waals surface area contributed by atoms with Gasteiger partial charge in [-0.15, -0.1) is 0 Å². The van der Waals surface area contributed by atoms with E-state index in [4.69, 9.17) is 5.26 Å². The standard InChI is InChI=1S/C17H22FN3/c1-21-15-6-3-7-16(21)9-14(8-15)20-11-13-5-2-4-12(10-19)17(13)18/h2,4-5,14-16,20H,3,6-9,11H2,1H3. The molecule has 2 saturated heterocycles. The summed E-state index contributed by atoms with van der Waals surface area (Å²) in [6.45, 7) is 0.509. The molecule has 2 bridgehead atoms. The lowest BCUT2D eigenvalue weighted by Gasteiger charge is -2.47. The summed E-state index contributed by atoms with van der Waals surface area (Å²) in [6, 6.07) is 8.75. The van der Waals surface area contributed by atoms with Gasteiger partial charge in [-0.25, -0.2) is 4.39 Å². The Balaban J connectivity index is 1.63. The van der Waals surface area contributed by atoms with Crippen LogP contribution < -0.4 is 5.32 Å². The Morgan fingerprint density at radius 3 is 2.71 bits per heavy atom. The van der Waals surface area contributed by atoms with Crippen LogP contribution >= 0.6 is 0 Å². The van der Waals surface area contributed by atoms with E-state index in [2.05, 4.69) is 17.3 Å². The second-order valence-corrected chi connectivity index (χ2v) is 6.34. The van der Waals surface area contributed by atoms with Crippen molar-refractivity contribution < 1.29 is 4.39 Å². The number of rotatable bonds is 3. The van der Waals surface area contributed by atoms with Crippen molar-refractivity contribution in [3.8, 4) is 6.07 Å². The number of hydrogen-bond donors (Lipinski definition) is 1. The van der Waals surface area contributed by atoms with Crippen molar-refractivity contribution in [3.63, 3.8) is 0 Å². The number of piperidine rings is 2. The first-order chi connectivity index (χ1) is 10.2. The minimum Gasteiger partial charge on any atom is -0.310 e. The number of nitrogens with zero attached hydrogens (tertiary/aromatic N) is 2. The molecule has 0 aliphatic carbocycles. The highest BCUT2D eigenvalue weighted by atomic mass is 19.1. The van der Waals surface area contributed by atoms with E-state index in [-0.39, 0.29) is 11.4 Å². The van der Waals surface area contributed by atoms with E-state index in [9.17, 15) is 4.39 Å². The molecule has 1 N–H and O–H groups in total. The molecule has 1 aromatic rings. The molecule has 1 aromatic carbocycles. The second-order valence-electron chi connectivity index (χ2n) is 6.34. The minimum absolute atomic E-state index is 0.134. The monoisotopic (exact) mass is 287 g/mol. The van der Waals surface area contributed by atoms with Crippen LogP contribution in [0.3, 0.4) is 0 Å². The van der Waals surface area contributed by atoms with Gasteiger partial charge in [0.15, 0.2) is 0 Å². The lowest BCUT2D eigenvalue weighted by atomic mass is 9.82. The average Bonchev–Trinajstić information content (AvgIpc) is 2.47. The highest BCUT2D eigenvalue weighted by Crippen LogP contribution is 2.32. The number of fused-ring (bicyclic) bond motifs is 2. The van der Waals surface area contributed by atoms with Gasteiger partial charge in [-0.2, -0.15) is 5.26 Å². The van der Waals surface area contributed by atoms with Gasteiger partial charge in [0.1, 0.15) is 11.9 Å². The number of hydrogen-bond acceptors (Lipinski definition) is 3. The maximum absolute atomic E-state index is 14.0. The SMILES string of the molecule is CN1C2CCCC1CC(NCc1cccc(C#N)c1F)C2. The Kier molecular flexibility index (Phi) is 4.23. The van der Waals surface area contributed by atoms with E-state index in [1.54, 1.807) is 12.1 Å². The summed E-state index contributed by atoms with van der Waals surface area (Å²) in [4.78, 5) is 2.53. The Morgan fingerprint density at radius 1 is 1.33 bits per heavy atom. The number of benzene rings is 1. The molecular formula is C17H22FN3. The maximum atomic E-state index is 14.0. The first-order valence-corrected chi connectivity index (χ1v) is 7.82. The van der Waals surface area contributed by atoms with Crippen LogP contribution in [0.5, 0.6) is 0 Å². The molecule has 4 heteroatoms. The molecule has 2 aliphatic heterocycles. The zero-order valence-corrected chi connectivity index (χ0v) is 12.5. The smallest absolute Gasteiger partial charge is 0.145 e. The highest BCUT2D eigenvalue weighted by Gasteiger charge is 2.35. The van der Waals surface area contributed by atoms with Crippen LogP contribution in [0, 0.1) is 17.1 Å². The van der Waals surface area contributed by atoms with E-state index in [1.807, 2.05) is 6.07 Å². The van der Waals surface area contributed by atoms with Gasteiger partial charge in [0.05, 0.1) is 5.56 Å². The predicted octanol–water partition coefficient (Wildman–Crippen LogP) is 2.80. The lowest BCUT2D eigenvalue weighted by Crippen LogP contribution is -2.54. The molecule has 2 aliphatic rings. The molecule has 0 radical (unpaired) electrons. The van der Waals surface area contributed by atoms with E-state index in [0.29, 0.717) is 30.2 Å². The van der Waals surface area contributed by atoms with Gasteiger partial charge in [0.2, 0.25) is 0 Å². The van der Waals surface area contributed by atoms with Gasteiger partial charge >= 0.3 is 0 Å². The van der Waals surface area contributed by atoms with Crippen molar-refractivity contribution in [2.45, 2.75) is 56.8 Å². The van der Waals surface area contributed by atoms with Gasteiger partial charge < -0.3 is 10.2 Å². The van der Waals surface area contributed by atoms with Crippen molar-refractivity contribution in [2.24, 2.45) is 0 Å². The molecule has 3 nitrogen and oxygen atoms in total. The molecule has 2 heterocycles. The van der Waals surface area contributed by atoms with Crippen LogP contribution in [0.2, 0.25) is 0 Å². The van der Waals surface area contributed by atoms with E-state index >= 15 is 0 Å². The average molecular weight is 287 g/mol. The van der Waals surface area contributed by atoms with Crippen molar-refractivity contribution in [2.75, 3.05) is 7.05 Å².